The lowest BCUT2D eigenvalue weighted by Crippen LogP contribution is -2.00. The first-order chi connectivity index (χ1) is 12.1. The molecule has 0 spiro atoms. The predicted octanol–water partition coefficient (Wildman–Crippen LogP) is 3.80. The molecular weight excluding hydrogens is 390 g/mol. The van der Waals surface area contributed by atoms with Crippen LogP contribution in [0.2, 0.25) is 0 Å². The smallest absolute Gasteiger partial charge is 0.337 e. The van der Waals surface area contributed by atoms with Gasteiger partial charge in [-0.05, 0) is 29.8 Å². The molecule has 0 aromatic heterocycles. The molecule has 0 radical (unpaired) electrons. The van der Waals surface area contributed by atoms with Gasteiger partial charge in [-0.2, -0.15) is 0 Å². The Bertz CT molecular complexity index is 759. The summed E-state index contributed by atoms with van der Waals surface area (Å²) in [5, 5.41) is 3.94. The van der Waals surface area contributed by atoms with Crippen LogP contribution in [0.25, 0.3) is 0 Å². The Balaban J connectivity index is 1.98. The van der Waals surface area contributed by atoms with Crippen LogP contribution in [0.4, 0.5) is 0 Å². The van der Waals surface area contributed by atoms with Crippen LogP contribution in [-0.4, -0.2) is 33.5 Å². The molecule has 0 saturated carbocycles. The normalized spacial score (nSPS) is 10.6. The molecule has 2 aromatic carbocycles. The number of ether oxygens (including phenoxy) is 3. The van der Waals surface area contributed by atoms with Crippen molar-refractivity contribution in [3.05, 3.63) is 57.6 Å². The highest BCUT2D eigenvalue weighted by molar-refractivity contribution is 9.10. The Kier molecular flexibility index (Phi) is 6.82. The third-order valence-electron chi connectivity index (χ3n) is 3.38. The molecule has 0 fully saturated rings. The monoisotopic (exact) mass is 407 g/mol. The topological polar surface area (TPSA) is 66.4 Å². The van der Waals surface area contributed by atoms with E-state index in [1.807, 2.05) is 12.1 Å². The van der Waals surface area contributed by atoms with E-state index in [1.165, 1.54) is 7.11 Å². The number of hydrogen-bond acceptors (Lipinski definition) is 6. The third-order valence-corrected chi connectivity index (χ3v) is 4.12. The first kappa shape index (κ1) is 18.8. The van der Waals surface area contributed by atoms with Gasteiger partial charge >= 0.3 is 5.97 Å². The van der Waals surface area contributed by atoms with Crippen molar-refractivity contribution >= 4 is 28.1 Å². The summed E-state index contributed by atoms with van der Waals surface area (Å²) in [5.74, 6) is 0.872. The zero-order chi connectivity index (χ0) is 18.2. The molecule has 25 heavy (non-hydrogen) atoms. The Morgan fingerprint density at radius 1 is 1.08 bits per heavy atom. The summed E-state index contributed by atoms with van der Waals surface area (Å²) in [6.07, 6.45) is 1.57. The Hall–Kier alpha value is -2.54. The molecule has 132 valence electrons. The molecule has 2 rings (SSSR count). The number of halogens is 1. The molecule has 0 aliphatic carbocycles. The number of benzene rings is 2. The van der Waals surface area contributed by atoms with Crippen molar-refractivity contribution in [1.82, 2.24) is 0 Å². The van der Waals surface area contributed by atoms with Crippen molar-refractivity contribution in [2.75, 3.05) is 21.3 Å². The second-order valence-electron chi connectivity index (χ2n) is 4.92. The predicted molar refractivity (Wildman–Crippen MR) is 97.4 cm³/mol. The number of hydrogen-bond donors (Lipinski definition) is 0. The van der Waals surface area contributed by atoms with Gasteiger partial charge in [-0.1, -0.05) is 33.2 Å². The van der Waals surface area contributed by atoms with Gasteiger partial charge in [0.05, 0.1) is 33.1 Å². The number of carbonyl (C=O) groups is 1. The highest BCUT2D eigenvalue weighted by atomic mass is 79.9. The van der Waals surface area contributed by atoms with Gasteiger partial charge in [0, 0.05) is 10.0 Å². The molecule has 7 heteroatoms. The Morgan fingerprint density at radius 2 is 1.72 bits per heavy atom. The van der Waals surface area contributed by atoms with Crippen LogP contribution in [0.1, 0.15) is 21.5 Å². The largest absolute Gasteiger partial charge is 0.493 e. The maximum atomic E-state index is 11.4. The zero-order valence-electron chi connectivity index (χ0n) is 14.1. The summed E-state index contributed by atoms with van der Waals surface area (Å²) in [5.41, 5.74) is 2.16. The van der Waals surface area contributed by atoms with E-state index in [0.29, 0.717) is 17.1 Å². The van der Waals surface area contributed by atoms with Crippen LogP contribution in [0.3, 0.4) is 0 Å². The highest BCUT2D eigenvalue weighted by Gasteiger charge is 2.10. The first-order valence-electron chi connectivity index (χ1n) is 7.33. The molecule has 0 unspecified atom stereocenters. The van der Waals surface area contributed by atoms with Gasteiger partial charge in [-0.15, -0.1) is 0 Å². The van der Waals surface area contributed by atoms with E-state index in [-0.39, 0.29) is 12.6 Å². The molecule has 0 N–H and O–H groups in total. The second-order valence-corrected chi connectivity index (χ2v) is 5.77. The van der Waals surface area contributed by atoms with E-state index < -0.39 is 0 Å². The summed E-state index contributed by atoms with van der Waals surface area (Å²) in [4.78, 5) is 16.7. The van der Waals surface area contributed by atoms with Crippen molar-refractivity contribution in [3.63, 3.8) is 0 Å². The summed E-state index contributed by atoms with van der Waals surface area (Å²) in [6, 6.07) is 10.5. The lowest BCUT2D eigenvalue weighted by atomic mass is 10.1. The van der Waals surface area contributed by atoms with Crippen molar-refractivity contribution in [3.8, 4) is 11.5 Å². The Labute approximate surface area is 154 Å². The van der Waals surface area contributed by atoms with Gasteiger partial charge in [0.2, 0.25) is 0 Å². The fourth-order valence-corrected chi connectivity index (χ4v) is 2.47. The van der Waals surface area contributed by atoms with Crippen molar-refractivity contribution in [2.24, 2.45) is 5.16 Å². The van der Waals surface area contributed by atoms with E-state index in [2.05, 4.69) is 25.8 Å². The molecule has 0 atom stereocenters. The highest BCUT2D eigenvalue weighted by Crippen LogP contribution is 2.33. The molecule has 0 aliphatic heterocycles. The van der Waals surface area contributed by atoms with Gasteiger partial charge in [-0.25, -0.2) is 4.79 Å². The maximum absolute atomic E-state index is 11.4. The fraction of sp³-hybridized carbons (Fsp3) is 0.222. The minimum atomic E-state index is -0.377. The van der Waals surface area contributed by atoms with E-state index in [9.17, 15) is 4.79 Å². The lowest BCUT2D eigenvalue weighted by molar-refractivity contribution is 0.0600. The molecule has 0 saturated heterocycles. The van der Waals surface area contributed by atoms with E-state index >= 15 is 0 Å². The summed E-state index contributed by atoms with van der Waals surface area (Å²) in [7, 11) is 4.50. The van der Waals surface area contributed by atoms with Gasteiger partial charge in [0.15, 0.2) is 11.5 Å². The van der Waals surface area contributed by atoms with Crippen LogP contribution >= 0.6 is 15.9 Å². The second kappa shape index (κ2) is 9.08. The minimum Gasteiger partial charge on any atom is -0.493 e. The van der Waals surface area contributed by atoms with E-state index in [1.54, 1.807) is 44.7 Å². The van der Waals surface area contributed by atoms with Crippen molar-refractivity contribution in [1.29, 1.82) is 0 Å². The van der Waals surface area contributed by atoms with Crippen LogP contribution < -0.4 is 9.47 Å². The van der Waals surface area contributed by atoms with Gasteiger partial charge in [0.25, 0.3) is 0 Å². The number of oxime groups is 1. The minimum absolute atomic E-state index is 0.262. The Morgan fingerprint density at radius 3 is 2.32 bits per heavy atom. The number of carbonyl (C=O) groups excluding carboxylic acids is 1. The summed E-state index contributed by atoms with van der Waals surface area (Å²) in [6.45, 7) is 0.262. The first-order valence-corrected chi connectivity index (χ1v) is 8.12. The SMILES string of the molecule is COC(=O)c1ccc(/C=N/OCc2cc(OC)c(OC)cc2Br)cc1. The molecule has 0 amide bonds. The third kappa shape index (κ3) is 4.96. The van der Waals surface area contributed by atoms with E-state index in [0.717, 1.165) is 15.6 Å². The standard InChI is InChI=1S/C18H18BrNO5/c1-22-16-8-14(15(19)9-17(16)23-2)11-25-20-10-12-4-6-13(7-5-12)18(21)24-3/h4-10H,11H2,1-3H3/b20-10+. The molecule has 6 nitrogen and oxygen atoms in total. The van der Waals surface area contributed by atoms with Crippen molar-refractivity contribution < 1.29 is 23.8 Å². The van der Waals surface area contributed by atoms with E-state index in [4.69, 9.17) is 14.3 Å². The van der Waals surface area contributed by atoms with Gasteiger partial charge in [0.1, 0.15) is 6.61 Å². The van der Waals surface area contributed by atoms with Crippen molar-refractivity contribution in [2.45, 2.75) is 6.61 Å². The maximum Gasteiger partial charge on any atom is 0.337 e. The number of methoxy groups -OCH3 is 3. The number of rotatable bonds is 7. The van der Waals surface area contributed by atoms with Crippen LogP contribution in [0.15, 0.2) is 46.0 Å². The molecule has 0 heterocycles. The molecular formula is C18H18BrNO5. The van der Waals surface area contributed by atoms with Crippen LogP contribution in [-0.2, 0) is 16.2 Å². The number of esters is 1. The lowest BCUT2D eigenvalue weighted by Gasteiger charge is -2.11. The average molecular weight is 408 g/mol. The molecule has 0 aliphatic rings. The van der Waals surface area contributed by atoms with Gasteiger partial charge in [-0.3, -0.25) is 0 Å². The summed E-state index contributed by atoms with van der Waals surface area (Å²) >= 11 is 3.47. The molecule has 2 aromatic rings. The quantitative estimate of drug-likeness (QED) is 0.396. The molecule has 0 bridgehead atoms. The van der Waals surface area contributed by atoms with Crippen LogP contribution in [0, 0.1) is 0 Å². The number of nitrogens with zero attached hydrogens (tertiary/aromatic N) is 1. The summed E-state index contributed by atoms with van der Waals surface area (Å²) < 4.78 is 16.0. The van der Waals surface area contributed by atoms with Crippen LogP contribution in [0.5, 0.6) is 11.5 Å². The zero-order valence-corrected chi connectivity index (χ0v) is 15.7. The van der Waals surface area contributed by atoms with Gasteiger partial charge < -0.3 is 19.0 Å². The average Bonchev–Trinajstić information content (AvgIpc) is 2.65. The fourth-order valence-electron chi connectivity index (χ4n) is 2.03.